The molecule has 0 bridgehead atoms. The average Bonchev–Trinajstić information content (AvgIpc) is 2.86. The molecule has 0 radical (unpaired) electrons. The van der Waals surface area contributed by atoms with Crippen LogP contribution in [0.25, 0.3) is 0 Å². The van der Waals surface area contributed by atoms with Gasteiger partial charge in [-0.05, 0) is 37.0 Å². The highest BCUT2D eigenvalue weighted by Gasteiger charge is 2.34. The van der Waals surface area contributed by atoms with E-state index in [-0.39, 0.29) is 0 Å². The lowest BCUT2D eigenvalue weighted by molar-refractivity contribution is 0.195. The van der Waals surface area contributed by atoms with Crippen LogP contribution in [0.15, 0.2) is 4.99 Å². The zero-order valence-electron chi connectivity index (χ0n) is 13.8. The van der Waals surface area contributed by atoms with E-state index in [2.05, 4.69) is 29.5 Å². The van der Waals surface area contributed by atoms with Gasteiger partial charge in [-0.1, -0.05) is 26.7 Å². The van der Waals surface area contributed by atoms with Crippen molar-refractivity contribution in [2.24, 2.45) is 16.3 Å². The third-order valence-electron chi connectivity index (χ3n) is 4.18. The van der Waals surface area contributed by atoms with Gasteiger partial charge in [-0.2, -0.15) is 0 Å². The lowest BCUT2D eigenvalue weighted by atomic mass is 9.78. The van der Waals surface area contributed by atoms with E-state index in [0.29, 0.717) is 5.41 Å². The fourth-order valence-corrected chi connectivity index (χ4v) is 3.36. The van der Waals surface area contributed by atoms with E-state index in [1.165, 1.54) is 32.1 Å². The molecule has 20 heavy (non-hydrogen) atoms. The van der Waals surface area contributed by atoms with Gasteiger partial charge in [-0.15, -0.1) is 0 Å². The maximum Gasteiger partial charge on any atom is 0.190 e. The molecule has 118 valence electrons. The van der Waals surface area contributed by atoms with Crippen molar-refractivity contribution in [3.63, 3.8) is 0 Å². The van der Waals surface area contributed by atoms with Crippen molar-refractivity contribution in [3.8, 4) is 0 Å². The number of methoxy groups -OCH3 is 1. The van der Waals surface area contributed by atoms with E-state index < -0.39 is 0 Å². The molecule has 0 aromatic heterocycles. The number of nitrogens with one attached hydrogen (secondary N) is 2. The minimum Gasteiger partial charge on any atom is -0.385 e. The molecule has 0 atom stereocenters. The van der Waals surface area contributed by atoms with Crippen molar-refractivity contribution in [2.45, 2.75) is 52.4 Å². The summed E-state index contributed by atoms with van der Waals surface area (Å²) in [5.41, 5.74) is 0.484. The molecule has 0 aliphatic heterocycles. The van der Waals surface area contributed by atoms with Gasteiger partial charge in [0.25, 0.3) is 0 Å². The summed E-state index contributed by atoms with van der Waals surface area (Å²) in [4.78, 5) is 4.31. The van der Waals surface area contributed by atoms with Crippen molar-refractivity contribution < 1.29 is 4.74 Å². The van der Waals surface area contributed by atoms with Crippen LogP contribution in [0.2, 0.25) is 0 Å². The maximum absolute atomic E-state index is 5.06. The third-order valence-corrected chi connectivity index (χ3v) is 4.18. The molecular formula is C16H33N3O. The Bertz CT molecular complexity index is 283. The van der Waals surface area contributed by atoms with Crippen LogP contribution in [0, 0.1) is 11.3 Å². The van der Waals surface area contributed by atoms with E-state index in [1.54, 1.807) is 7.11 Å². The first-order valence-corrected chi connectivity index (χ1v) is 8.05. The fourth-order valence-electron chi connectivity index (χ4n) is 3.36. The first-order chi connectivity index (χ1) is 9.62. The van der Waals surface area contributed by atoms with Crippen LogP contribution in [-0.4, -0.2) is 39.8 Å². The minimum atomic E-state index is 0.484. The van der Waals surface area contributed by atoms with E-state index >= 15 is 0 Å². The molecule has 0 amide bonds. The van der Waals surface area contributed by atoms with E-state index in [0.717, 1.165) is 38.0 Å². The molecule has 2 N–H and O–H groups in total. The van der Waals surface area contributed by atoms with Crippen LogP contribution >= 0.6 is 0 Å². The van der Waals surface area contributed by atoms with E-state index in [4.69, 9.17) is 4.74 Å². The Morgan fingerprint density at radius 3 is 2.50 bits per heavy atom. The first-order valence-electron chi connectivity index (χ1n) is 8.05. The van der Waals surface area contributed by atoms with Gasteiger partial charge in [0.2, 0.25) is 0 Å². The van der Waals surface area contributed by atoms with Crippen LogP contribution in [0.4, 0.5) is 0 Å². The van der Waals surface area contributed by atoms with E-state index in [1.807, 2.05) is 7.05 Å². The topological polar surface area (TPSA) is 45.7 Å². The highest BCUT2D eigenvalue weighted by Crippen LogP contribution is 2.42. The average molecular weight is 283 g/mol. The van der Waals surface area contributed by atoms with Crippen molar-refractivity contribution >= 4 is 5.96 Å². The molecule has 0 saturated heterocycles. The Labute approximate surface area is 124 Å². The second-order valence-electron chi connectivity index (χ2n) is 6.50. The smallest absolute Gasteiger partial charge is 0.190 e. The Morgan fingerprint density at radius 1 is 1.25 bits per heavy atom. The summed E-state index contributed by atoms with van der Waals surface area (Å²) in [5, 5.41) is 6.89. The molecule has 0 spiro atoms. The van der Waals surface area contributed by atoms with Gasteiger partial charge >= 0.3 is 0 Å². The largest absolute Gasteiger partial charge is 0.385 e. The summed E-state index contributed by atoms with van der Waals surface area (Å²) in [5.74, 6) is 1.70. The van der Waals surface area contributed by atoms with E-state index in [9.17, 15) is 0 Å². The lowest BCUT2D eigenvalue weighted by Crippen LogP contribution is -2.43. The number of hydrogen-bond acceptors (Lipinski definition) is 2. The van der Waals surface area contributed by atoms with Crippen LogP contribution in [0.1, 0.15) is 52.4 Å². The van der Waals surface area contributed by atoms with Crippen molar-refractivity contribution in [3.05, 3.63) is 0 Å². The number of guanidine groups is 1. The Kier molecular flexibility index (Phi) is 7.97. The molecule has 0 aromatic rings. The monoisotopic (exact) mass is 283 g/mol. The van der Waals surface area contributed by atoms with Gasteiger partial charge in [-0.25, -0.2) is 0 Å². The SMILES string of the molecule is CN=C(NCCCOC)NCC1(CC(C)C)CCCC1. The Balaban J connectivity index is 2.37. The molecular weight excluding hydrogens is 250 g/mol. The molecule has 4 nitrogen and oxygen atoms in total. The number of nitrogens with zero attached hydrogens (tertiary/aromatic N) is 1. The quantitative estimate of drug-likeness (QED) is 0.409. The van der Waals surface area contributed by atoms with Crippen LogP contribution in [-0.2, 0) is 4.74 Å². The number of aliphatic imine (C=N–C) groups is 1. The van der Waals surface area contributed by atoms with Gasteiger partial charge < -0.3 is 15.4 Å². The number of hydrogen-bond donors (Lipinski definition) is 2. The van der Waals surface area contributed by atoms with Crippen LogP contribution in [0.3, 0.4) is 0 Å². The standard InChI is InChI=1S/C16H33N3O/c1-14(2)12-16(8-5-6-9-16)13-19-15(17-3)18-10-7-11-20-4/h14H,5-13H2,1-4H3,(H2,17,18,19). The summed E-state index contributed by atoms with van der Waals surface area (Å²) in [6.07, 6.45) is 7.81. The molecule has 0 heterocycles. The lowest BCUT2D eigenvalue weighted by Gasteiger charge is -2.31. The van der Waals surface area contributed by atoms with Gasteiger partial charge in [-0.3, -0.25) is 4.99 Å². The third kappa shape index (κ3) is 6.12. The van der Waals surface area contributed by atoms with Gasteiger partial charge in [0.15, 0.2) is 5.96 Å². The van der Waals surface area contributed by atoms with Crippen LogP contribution in [0.5, 0.6) is 0 Å². The van der Waals surface area contributed by atoms with Crippen molar-refractivity contribution in [1.29, 1.82) is 0 Å². The predicted molar refractivity (Wildman–Crippen MR) is 86.2 cm³/mol. The summed E-state index contributed by atoms with van der Waals surface area (Å²) < 4.78 is 5.06. The predicted octanol–water partition coefficient (Wildman–Crippen LogP) is 2.79. The summed E-state index contributed by atoms with van der Waals surface area (Å²) in [6.45, 7) is 7.41. The first kappa shape index (κ1) is 17.3. The molecule has 0 aromatic carbocycles. The fraction of sp³-hybridized carbons (Fsp3) is 0.938. The van der Waals surface area contributed by atoms with Gasteiger partial charge in [0.05, 0.1) is 0 Å². The zero-order valence-corrected chi connectivity index (χ0v) is 13.8. The zero-order chi connectivity index (χ0) is 14.8. The van der Waals surface area contributed by atoms with Crippen molar-refractivity contribution in [1.82, 2.24) is 10.6 Å². The molecule has 1 saturated carbocycles. The molecule has 4 heteroatoms. The van der Waals surface area contributed by atoms with Gasteiger partial charge in [0, 0.05) is 33.9 Å². The number of rotatable bonds is 8. The van der Waals surface area contributed by atoms with Crippen molar-refractivity contribution in [2.75, 3.05) is 33.9 Å². The molecule has 1 aliphatic carbocycles. The summed E-state index contributed by atoms with van der Waals surface area (Å²) >= 11 is 0. The molecule has 1 rings (SSSR count). The highest BCUT2D eigenvalue weighted by molar-refractivity contribution is 5.79. The number of ether oxygens (including phenoxy) is 1. The molecule has 1 aliphatic rings. The van der Waals surface area contributed by atoms with Gasteiger partial charge in [0.1, 0.15) is 0 Å². The maximum atomic E-state index is 5.06. The Hall–Kier alpha value is -0.770. The second-order valence-corrected chi connectivity index (χ2v) is 6.50. The van der Waals surface area contributed by atoms with Crippen LogP contribution < -0.4 is 10.6 Å². The molecule has 0 unspecified atom stereocenters. The second kappa shape index (κ2) is 9.22. The highest BCUT2D eigenvalue weighted by atomic mass is 16.5. The Morgan fingerprint density at radius 2 is 1.95 bits per heavy atom. The summed E-state index contributed by atoms with van der Waals surface area (Å²) in [6, 6.07) is 0. The minimum absolute atomic E-state index is 0.484. The molecule has 1 fully saturated rings. The summed E-state index contributed by atoms with van der Waals surface area (Å²) in [7, 11) is 3.58. The normalized spacial score (nSPS) is 18.6.